The fourth-order valence-electron chi connectivity index (χ4n) is 1.99. The standard InChI is InChI=1S/C15H19NO4S2/c1-4-22(18,19)9-10(2)16-15(17)14-8-7-13(21-14)12-6-5-11(3)20-12/h5-8,10H,4,9H2,1-3H3,(H,16,17)/t10-/m1/s1. The van der Waals surface area contributed by atoms with E-state index in [1.165, 1.54) is 11.3 Å². The van der Waals surface area contributed by atoms with E-state index in [0.29, 0.717) is 4.88 Å². The number of hydrogen-bond donors (Lipinski definition) is 1. The molecule has 7 heteroatoms. The summed E-state index contributed by atoms with van der Waals surface area (Å²) in [5.74, 6) is 1.30. The Morgan fingerprint density at radius 3 is 2.64 bits per heavy atom. The van der Waals surface area contributed by atoms with Crippen LogP contribution < -0.4 is 5.32 Å². The van der Waals surface area contributed by atoms with Gasteiger partial charge >= 0.3 is 0 Å². The fourth-order valence-corrected chi connectivity index (χ4v) is 3.95. The van der Waals surface area contributed by atoms with Crippen molar-refractivity contribution in [3.05, 3.63) is 34.9 Å². The van der Waals surface area contributed by atoms with Gasteiger partial charge in [-0.3, -0.25) is 4.79 Å². The Hall–Kier alpha value is -1.60. The van der Waals surface area contributed by atoms with Crippen molar-refractivity contribution < 1.29 is 17.6 Å². The molecule has 0 aromatic carbocycles. The van der Waals surface area contributed by atoms with Crippen molar-refractivity contribution in [3.8, 4) is 10.6 Å². The molecular formula is C15H19NO4S2. The van der Waals surface area contributed by atoms with E-state index in [1.807, 2.05) is 25.1 Å². The highest BCUT2D eigenvalue weighted by atomic mass is 32.2. The van der Waals surface area contributed by atoms with Crippen LogP contribution in [0.1, 0.15) is 29.3 Å². The third kappa shape index (κ3) is 4.20. The van der Waals surface area contributed by atoms with Crippen LogP contribution in [0.25, 0.3) is 10.6 Å². The van der Waals surface area contributed by atoms with E-state index in [1.54, 1.807) is 19.9 Å². The molecule has 1 atom stereocenters. The predicted octanol–water partition coefficient (Wildman–Crippen LogP) is 2.87. The van der Waals surface area contributed by atoms with Gasteiger partial charge in [0.1, 0.15) is 11.5 Å². The second-order valence-electron chi connectivity index (χ2n) is 5.15. The minimum Gasteiger partial charge on any atom is -0.461 e. The number of carbonyl (C=O) groups is 1. The number of amides is 1. The molecule has 2 aromatic heterocycles. The van der Waals surface area contributed by atoms with Crippen molar-refractivity contribution in [1.82, 2.24) is 5.32 Å². The molecule has 1 N–H and O–H groups in total. The summed E-state index contributed by atoms with van der Waals surface area (Å²) in [4.78, 5) is 13.6. The Morgan fingerprint density at radius 2 is 2.05 bits per heavy atom. The Bertz CT molecular complexity index is 758. The Kier molecular flexibility index (Phi) is 5.08. The normalized spacial score (nSPS) is 13.0. The first-order valence-corrected chi connectivity index (χ1v) is 9.62. The summed E-state index contributed by atoms with van der Waals surface area (Å²) in [7, 11) is -3.11. The first-order chi connectivity index (χ1) is 10.3. The van der Waals surface area contributed by atoms with E-state index in [2.05, 4.69) is 5.32 Å². The molecule has 0 spiro atoms. The van der Waals surface area contributed by atoms with Crippen molar-refractivity contribution in [3.63, 3.8) is 0 Å². The summed E-state index contributed by atoms with van der Waals surface area (Å²) >= 11 is 1.32. The van der Waals surface area contributed by atoms with Crippen LogP contribution in [-0.2, 0) is 9.84 Å². The molecule has 0 radical (unpaired) electrons. The van der Waals surface area contributed by atoms with E-state index < -0.39 is 15.9 Å². The molecule has 0 aliphatic heterocycles. The lowest BCUT2D eigenvalue weighted by Gasteiger charge is -2.12. The molecule has 0 saturated heterocycles. The van der Waals surface area contributed by atoms with Crippen molar-refractivity contribution in [1.29, 1.82) is 0 Å². The SMILES string of the molecule is CCS(=O)(=O)C[C@@H](C)NC(=O)c1ccc(-c2ccc(C)o2)s1. The summed E-state index contributed by atoms with van der Waals surface area (Å²) in [6.07, 6.45) is 0. The van der Waals surface area contributed by atoms with Gasteiger partial charge < -0.3 is 9.73 Å². The first kappa shape index (κ1) is 16.8. The van der Waals surface area contributed by atoms with Crippen molar-refractivity contribution >= 4 is 27.1 Å². The third-order valence-corrected chi connectivity index (χ3v) is 6.12. The highest BCUT2D eigenvalue weighted by Crippen LogP contribution is 2.29. The minimum atomic E-state index is -3.11. The summed E-state index contributed by atoms with van der Waals surface area (Å²) in [5.41, 5.74) is 0. The molecule has 0 bridgehead atoms. The van der Waals surface area contributed by atoms with Gasteiger partial charge in [-0.2, -0.15) is 0 Å². The number of furan rings is 1. The quantitative estimate of drug-likeness (QED) is 0.876. The number of nitrogens with one attached hydrogen (secondary N) is 1. The molecule has 0 fully saturated rings. The van der Waals surface area contributed by atoms with Crippen LogP contribution in [0.15, 0.2) is 28.7 Å². The molecule has 0 unspecified atom stereocenters. The van der Waals surface area contributed by atoms with Crippen molar-refractivity contribution in [2.45, 2.75) is 26.8 Å². The number of aryl methyl sites for hydroxylation is 1. The highest BCUT2D eigenvalue weighted by molar-refractivity contribution is 7.91. The second kappa shape index (κ2) is 6.66. The van der Waals surface area contributed by atoms with E-state index >= 15 is 0 Å². The fraction of sp³-hybridized carbons (Fsp3) is 0.400. The highest BCUT2D eigenvalue weighted by Gasteiger charge is 2.18. The number of sulfone groups is 1. The van der Waals surface area contributed by atoms with Crippen molar-refractivity contribution in [2.24, 2.45) is 0 Å². The van der Waals surface area contributed by atoms with Gasteiger partial charge in [-0.15, -0.1) is 11.3 Å². The zero-order valence-electron chi connectivity index (χ0n) is 12.8. The molecule has 2 aromatic rings. The van der Waals surface area contributed by atoms with Gasteiger partial charge in [0.25, 0.3) is 5.91 Å². The van der Waals surface area contributed by atoms with Gasteiger partial charge in [0.2, 0.25) is 0 Å². The summed E-state index contributed by atoms with van der Waals surface area (Å²) in [6.45, 7) is 5.15. The molecule has 2 rings (SSSR count). The molecule has 0 aliphatic rings. The number of rotatable bonds is 6. The monoisotopic (exact) mass is 341 g/mol. The second-order valence-corrected chi connectivity index (χ2v) is 8.63. The van der Waals surface area contributed by atoms with E-state index in [0.717, 1.165) is 16.4 Å². The van der Waals surface area contributed by atoms with Gasteiger partial charge in [0, 0.05) is 11.8 Å². The summed E-state index contributed by atoms with van der Waals surface area (Å²) < 4.78 is 28.6. The third-order valence-electron chi connectivity index (χ3n) is 3.13. The van der Waals surface area contributed by atoms with Crippen LogP contribution in [0.4, 0.5) is 0 Å². The zero-order chi connectivity index (χ0) is 16.3. The van der Waals surface area contributed by atoms with Crippen molar-refractivity contribution in [2.75, 3.05) is 11.5 Å². The molecular weight excluding hydrogens is 322 g/mol. The van der Waals surface area contributed by atoms with E-state index in [4.69, 9.17) is 4.42 Å². The first-order valence-electron chi connectivity index (χ1n) is 6.98. The van der Waals surface area contributed by atoms with Crippen LogP contribution in [0.2, 0.25) is 0 Å². The number of hydrogen-bond acceptors (Lipinski definition) is 5. The van der Waals surface area contributed by atoms with Gasteiger partial charge in [-0.25, -0.2) is 8.42 Å². The predicted molar refractivity (Wildman–Crippen MR) is 88.0 cm³/mol. The van der Waals surface area contributed by atoms with Crippen LogP contribution >= 0.6 is 11.3 Å². The van der Waals surface area contributed by atoms with Crippen LogP contribution in [0.3, 0.4) is 0 Å². The summed E-state index contributed by atoms with van der Waals surface area (Å²) in [6, 6.07) is 6.85. The maximum absolute atomic E-state index is 12.2. The molecule has 0 aliphatic carbocycles. The molecule has 2 heterocycles. The average molecular weight is 341 g/mol. The van der Waals surface area contributed by atoms with Gasteiger partial charge in [-0.1, -0.05) is 6.92 Å². The van der Waals surface area contributed by atoms with Gasteiger partial charge in [0.15, 0.2) is 9.84 Å². The molecule has 22 heavy (non-hydrogen) atoms. The summed E-state index contributed by atoms with van der Waals surface area (Å²) in [5, 5.41) is 2.72. The van der Waals surface area contributed by atoms with E-state index in [-0.39, 0.29) is 17.4 Å². The smallest absolute Gasteiger partial charge is 0.261 e. The average Bonchev–Trinajstić information content (AvgIpc) is 3.06. The number of thiophene rings is 1. The molecule has 0 saturated carbocycles. The maximum atomic E-state index is 12.2. The Labute approximate surface area is 134 Å². The number of carbonyl (C=O) groups excluding carboxylic acids is 1. The zero-order valence-corrected chi connectivity index (χ0v) is 14.4. The Morgan fingerprint density at radius 1 is 1.32 bits per heavy atom. The van der Waals surface area contributed by atoms with Crippen LogP contribution in [-0.4, -0.2) is 31.9 Å². The van der Waals surface area contributed by atoms with Gasteiger partial charge in [-0.05, 0) is 38.1 Å². The Balaban J connectivity index is 2.03. The largest absolute Gasteiger partial charge is 0.461 e. The molecule has 5 nitrogen and oxygen atoms in total. The maximum Gasteiger partial charge on any atom is 0.261 e. The minimum absolute atomic E-state index is 0.0507. The molecule has 120 valence electrons. The van der Waals surface area contributed by atoms with Crippen LogP contribution in [0, 0.1) is 6.92 Å². The lowest BCUT2D eigenvalue weighted by atomic mass is 10.3. The van der Waals surface area contributed by atoms with Crippen LogP contribution in [0.5, 0.6) is 0 Å². The lowest BCUT2D eigenvalue weighted by Crippen LogP contribution is -2.37. The van der Waals surface area contributed by atoms with Gasteiger partial charge in [0.05, 0.1) is 15.5 Å². The lowest BCUT2D eigenvalue weighted by molar-refractivity contribution is 0.0947. The molecule has 1 amide bonds. The van der Waals surface area contributed by atoms with E-state index in [9.17, 15) is 13.2 Å². The topological polar surface area (TPSA) is 76.4 Å².